The second-order valence-corrected chi connectivity index (χ2v) is 6.71. The van der Waals surface area contributed by atoms with Gasteiger partial charge in [0.05, 0.1) is 6.61 Å². The standard InChI is InChI=1S/C18H28N2O4/c1-3-23-18(22)16-19-17(24-20-16)15(12-13(2)21)11-7-10-14-8-5-4-6-9-14/h14-15H,3-12H2,1-2H3/t15-/m1/s1. The van der Waals surface area contributed by atoms with Gasteiger partial charge in [0.1, 0.15) is 5.78 Å². The van der Waals surface area contributed by atoms with Crippen molar-refractivity contribution < 1.29 is 18.8 Å². The van der Waals surface area contributed by atoms with E-state index < -0.39 is 5.97 Å². The number of ketones is 1. The summed E-state index contributed by atoms with van der Waals surface area (Å²) < 4.78 is 10.1. The summed E-state index contributed by atoms with van der Waals surface area (Å²) in [5, 5.41) is 3.69. The smallest absolute Gasteiger partial charge is 0.379 e. The van der Waals surface area contributed by atoms with Gasteiger partial charge in [-0.05, 0) is 31.3 Å². The van der Waals surface area contributed by atoms with Crippen molar-refractivity contribution in [2.75, 3.05) is 6.61 Å². The second-order valence-electron chi connectivity index (χ2n) is 6.71. The zero-order chi connectivity index (χ0) is 17.4. The summed E-state index contributed by atoms with van der Waals surface area (Å²) >= 11 is 0. The van der Waals surface area contributed by atoms with Crippen molar-refractivity contribution in [2.24, 2.45) is 5.92 Å². The largest absolute Gasteiger partial charge is 0.460 e. The molecule has 0 spiro atoms. The Morgan fingerprint density at radius 2 is 2.04 bits per heavy atom. The van der Waals surface area contributed by atoms with Gasteiger partial charge in [-0.1, -0.05) is 44.9 Å². The average Bonchev–Trinajstić information content (AvgIpc) is 3.05. The molecule has 134 valence electrons. The van der Waals surface area contributed by atoms with Gasteiger partial charge < -0.3 is 14.1 Å². The maximum Gasteiger partial charge on any atom is 0.379 e. The predicted molar refractivity (Wildman–Crippen MR) is 88.7 cm³/mol. The third-order valence-corrected chi connectivity index (χ3v) is 4.67. The first-order chi connectivity index (χ1) is 11.6. The number of rotatable bonds is 9. The Labute approximate surface area is 143 Å². The van der Waals surface area contributed by atoms with Crippen LogP contribution in [-0.4, -0.2) is 28.5 Å². The zero-order valence-corrected chi connectivity index (χ0v) is 14.8. The van der Waals surface area contributed by atoms with E-state index in [0.717, 1.165) is 18.8 Å². The molecule has 1 fully saturated rings. The molecule has 0 radical (unpaired) electrons. The average molecular weight is 336 g/mol. The molecule has 1 aliphatic carbocycles. The minimum Gasteiger partial charge on any atom is -0.460 e. The highest BCUT2D eigenvalue weighted by molar-refractivity contribution is 5.84. The number of carbonyl (C=O) groups excluding carboxylic acids is 2. The van der Waals surface area contributed by atoms with E-state index in [1.54, 1.807) is 13.8 Å². The Hall–Kier alpha value is -1.72. The molecule has 2 rings (SSSR count). The lowest BCUT2D eigenvalue weighted by molar-refractivity contribution is -0.117. The van der Waals surface area contributed by atoms with E-state index in [1.165, 1.54) is 38.5 Å². The molecule has 6 heteroatoms. The van der Waals surface area contributed by atoms with E-state index in [0.29, 0.717) is 12.3 Å². The van der Waals surface area contributed by atoms with E-state index in [2.05, 4.69) is 10.1 Å². The highest BCUT2D eigenvalue weighted by atomic mass is 16.5. The first-order valence-electron chi connectivity index (χ1n) is 9.10. The summed E-state index contributed by atoms with van der Waals surface area (Å²) in [6, 6.07) is 0. The molecule has 1 heterocycles. The normalized spacial score (nSPS) is 16.8. The second kappa shape index (κ2) is 9.55. The minimum atomic E-state index is -0.587. The molecule has 1 saturated carbocycles. The summed E-state index contributed by atoms with van der Waals surface area (Å²) in [5.41, 5.74) is 0. The van der Waals surface area contributed by atoms with Crippen molar-refractivity contribution in [1.29, 1.82) is 0 Å². The summed E-state index contributed by atoms with van der Waals surface area (Å²) in [6.07, 6.45) is 10.1. The van der Waals surface area contributed by atoms with Gasteiger partial charge in [-0.3, -0.25) is 0 Å². The number of hydrogen-bond donors (Lipinski definition) is 0. The minimum absolute atomic E-state index is 0.0623. The van der Waals surface area contributed by atoms with Gasteiger partial charge in [0.2, 0.25) is 5.89 Å². The summed E-state index contributed by atoms with van der Waals surface area (Å²) in [6.45, 7) is 3.56. The van der Waals surface area contributed by atoms with Crippen molar-refractivity contribution in [3.8, 4) is 0 Å². The van der Waals surface area contributed by atoms with E-state index >= 15 is 0 Å². The first kappa shape index (κ1) is 18.6. The van der Waals surface area contributed by atoms with E-state index in [1.807, 2.05) is 0 Å². The Balaban J connectivity index is 1.91. The van der Waals surface area contributed by atoms with Crippen molar-refractivity contribution in [1.82, 2.24) is 10.1 Å². The highest BCUT2D eigenvalue weighted by Gasteiger charge is 2.24. The fourth-order valence-electron chi connectivity index (χ4n) is 3.47. The molecule has 0 amide bonds. The Kier molecular flexibility index (Phi) is 7.40. The molecule has 1 aromatic rings. The molecule has 24 heavy (non-hydrogen) atoms. The van der Waals surface area contributed by atoms with Crippen LogP contribution in [0.15, 0.2) is 4.52 Å². The molecular weight excluding hydrogens is 308 g/mol. The number of carbonyl (C=O) groups is 2. The fourth-order valence-corrected chi connectivity index (χ4v) is 3.47. The first-order valence-corrected chi connectivity index (χ1v) is 9.10. The van der Waals surface area contributed by atoms with Crippen LogP contribution in [0.3, 0.4) is 0 Å². The van der Waals surface area contributed by atoms with Gasteiger partial charge >= 0.3 is 5.97 Å². The third kappa shape index (κ3) is 5.73. The fraction of sp³-hybridized carbons (Fsp3) is 0.778. The molecule has 0 unspecified atom stereocenters. The lowest BCUT2D eigenvalue weighted by Gasteiger charge is -2.22. The number of nitrogens with zero attached hydrogens (tertiary/aromatic N) is 2. The Bertz CT molecular complexity index is 535. The van der Waals surface area contributed by atoms with Gasteiger partial charge in [-0.15, -0.1) is 0 Å². The van der Waals surface area contributed by atoms with Crippen LogP contribution in [0.25, 0.3) is 0 Å². The van der Waals surface area contributed by atoms with Crippen molar-refractivity contribution in [3.05, 3.63) is 11.7 Å². The van der Waals surface area contributed by atoms with Gasteiger partial charge in [0.15, 0.2) is 0 Å². The monoisotopic (exact) mass is 336 g/mol. The van der Waals surface area contributed by atoms with Crippen LogP contribution in [0, 0.1) is 5.92 Å². The van der Waals surface area contributed by atoms with Gasteiger partial charge in [0, 0.05) is 12.3 Å². The number of esters is 1. The van der Waals surface area contributed by atoms with Crippen LogP contribution in [0.2, 0.25) is 0 Å². The van der Waals surface area contributed by atoms with Crippen LogP contribution in [0.5, 0.6) is 0 Å². The zero-order valence-electron chi connectivity index (χ0n) is 14.8. The van der Waals surface area contributed by atoms with Gasteiger partial charge in [0.25, 0.3) is 5.82 Å². The third-order valence-electron chi connectivity index (χ3n) is 4.67. The van der Waals surface area contributed by atoms with Gasteiger partial charge in [-0.2, -0.15) is 4.98 Å². The van der Waals surface area contributed by atoms with Crippen molar-refractivity contribution in [2.45, 2.75) is 77.6 Å². The van der Waals surface area contributed by atoms with Crippen LogP contribution in [0.4, 0.5) is 0 Å². The van der Waals surface area contributed by atoms with Crippen LogP contribution in [0.1, 0.15) is 94.1 Å². The molecule has 0 saturated heterocycles. The topological polar surface area (TPSA) is 82.3 Å². The predicted octanol–water partition coefficient (Wildman–Crippen LogP) is 4.06. The summed E-state index contributed by atoms with van der Waals surface area (Å²) in [4.78, 5) is 27.3. The van der Waals surface area contributed by atoms with Gasteiger partial charge in [-0.25, -0.2) is 4.79 Å². The molecule has 1 atom stereocenters. The molecular formula is C18H28N2O4. The molecule has 0 N–H and O–H groups in total. The van der Waals surface area contributed by atoms with E-state index in [-0.39, 0.29) is 24.1 Å². The van der Waals surface area contributed by atoms with Crippen molar-refractivity contribution >= 4 is 11.8 Å². The SMILES string of the molecule is CCOC(=O)c1noc([C@H](CCCC2CCCCC2)CC(C)=O)n1. The number of Topliss-reactive ketones (excluding diaryl/α,β-unsaturated/α-hetero) is 1. The quantitative estimate of drug-likeness (QED) is 0.632. The molecule has 0 aliphatic heterocycles. The summed E-state index contributed by atoms with van der Waals surface area (Å²) in [5.74, 6) is 0.519. The van der Waals surface area contributed by atoms with E-state index in [9.17, 15) is 9.59 Å². The maximum absolute atomic E-state index is 11.6. The van der Waals surface area contributed by atoms with Crippen molar-refractivity contribution in [3.63, 3.8) is 0 Å². The molecule has 0 aromatic carbocycles. The Morgan fingerprint density at radius 1 is 1.29 bits per heavy atom. The van der Waals surface area contributed by atoms with Crippen LogP contribution >= 0.6 is 0 Å². The molecule has 1 aromatic heterocycles. The lowest BCUT2D eigenvalue weighted by Crippen LogP contribution is -2.10. The molecule has 6 nitrogen and oxygen atoms in total. The lowest BCUT2D eigenvalue weighted by atomic mass is 9.84. The highest BCUT2D eigenvalue weighted by Crippen LogP contribution is 2.31. The van der Waals surface area contributed by atoms with Crippen LogP contribution in [-0.2, 0) is 9.53 Å². The molecule has 0 bridgehead atoms. The summed E-state index contributed by atoms with van der Waals surface area (Å²) in [7, 11) is 0. The Morgan fingerprint density at radius 3 is 2.71 bits per heavy atom. The number of ether oxygens (including phenoxy) is 1. The number of aromatic nitrogens is 2. The maximum atomic E-state index is 11.6. The van der Waals surface area contributed by atoms with Crippen LogP contribution < -0.4 is 0 Å². The molecule has 1 aliphatic rings. The number of hydrogen-bond acceptors (Lipinski definition) is 6. The van der Waals surface area contributed by atoms with E-state index in [4.69, 9.17) is 9.26 Å².